The van der Waals surface area contributed by atoms with Gasteiger partial charge in [0.25, 0.3) is 0 Å². The summed E-state index contributed by atoms with van der Waals surface area (Å²) in [4.78, 5) is 27.3. The van der Waals surface area contributed by atoms with E-state index in [0.717, 1.165) is 30.4 Å². The van der Waals surface area contributed by atoms with E-state index in [1.807, 2.05) is 39.8 Å². The summed E-state index contributed by atoms with van der Waals surface area (Å²) in [5.74, 6) is 0.709. The fourth-order valence-corrected chi connectivity index (χ4v) is 3.88. The van der Waals surface area contributed by atoms with Crippen molar-refractivity contribution in [1.82, 2.24) is 4.90 Å². The summed E-state index contributed by atoms with van der Waals surface area (Å²) in [5.41, 5.74) is 1.71. The molecule has 0 unspecified atom stereocenters. The zero-order valence-electron chi connectivity index (χ0n) is 13.8. The molecule has 0 aromatic carbocycles. The van der Waals surface area contributed by atoms with Crippen LogP contribution >= 0.6 is 0 Å². The van der Waals surface area contributed by atoms with Gasteiger partial charge in [0.15, 0.2) is 11.6 Å². The Morgan fingerprint density at radius 1 is 0.952 bits per heavy atom. The van der Waals surface area contributed by atoms with Crippen LogP contribution in [-0.2, 0) is 9.59 Å². The van der Waals surface area contributed by atoms with Gasteiger partial charge >= 0.3 is 0 Å². The average Bonchev–Trinajstić information content (AvgIpc) is 2.68. The van der Waals surface area contributed by atoms with Crippen molar-refractivity contribution in [3.63, 3.8) is 0 Å². The molecule has 0 saturated carbocycles. The van der Waals surface area contributed by atoms with E-state index >= 15 is 0 Å². The number of hydrogen-bond acceptors (Lipinski definition) is 3. The third-order valence-corrected chi connectivity index (χ3v) is 5.52. The van der Waals surface area contributed by atoms with Crippen molar-refractivity contribution in [2.24, 2.45) is 11.8 Å². The van der Waals surface area contributed by atoms with Crippen molar-refractivity contribution < 1.29 is 9.59 Å². The van der Waals surface area contributed by atoms with Gasteiger partial charge in [-0.2, -0.15) is 0 Å². The molecule has 2 aliphatic rings. The summed E-state index contributed by atoms with van der Waals surface area (Å²) >= 11 is 0. The van der Waals surface area contributed by atoms with Crippen LogP contribution in [0.4, 0.5) is 0 Å². The maximum Gasteiger partial charge on any atom is 0.162 e. The topological polar surface area (TPSA) is 37.4 Å². The Hall–Kier alpha value is -1.22. The van der Waals surface area contributed by atoms with Gasteiger partial charge < -0.3 is 0 Å². The Kier molecular flexibility index (Phi) is 4.82. The van der Waals surface area contributed by atoms with Crippen LogP contribution in [0, 0.1) is 11.8 Å². The van der Waals surface area contributed by atoms with Crippen molar-refractivity contribution >= 4 is 11.6 Å². The van der Waals surface area contributed by atoms with Gasteiger partial charge in [-0.3, -0.25) is 14.5 Å². The molecule has 2 aliphatic heterocycles. The summed E-state index contributed by atoms with van der Waals surface area (Å²) in [5, 5.41) is 0. The molecular weight excluding hydrogens is 262 g/mol. The van der Waals surface area contributed by atoms with Crippen LogP contribution in [0.1, 0.15) is 47.0 Å². The third kappa shape index (κ3) is 2.89. The highest BCUT2D eigenvalue weighted by Gasteiger charge is 2.48. The summed E-state index contributed by atoms with van der Waals surface area (Å²) in [6, 6.07) is 0.603. The molecular formula is C18H27NO2. The van der Waals surface area contributed by atoms with E-state index in [1.54, 1.807) is 0 Å². The first-order chi connectivity index (χ1) is 9.90. The van der Waals surface area contributed by atoms with E-state index in [1.165, 1.54) is 0 Å². The Labute approximate surface area is 128 Å². The lowest BCUT2D eigenvalue weighted by Crippen LogP contribution is -2.44. The molecule has 2 heterocycles. The quantitative estimate of drug-likeness (QED) is 0.746. The van der Waals surface area contributed by atoms with Crippen LogP contribution in [0.25, 0.3) is 0 Å². The zero-order valence-corrected chi connectivity index (χ0v) is 13.8. The van der Waals surface area contributed by atoms with Crippen LogP contribution in [0.5, 0.6) is 0 Å². The number of Topliss-reactive ketones (excluding diaryl/α,β-unsaturated/α-hetero) is 2. The normalized spacial score (nSPS) is 34.1. The number of nitrogens with zero attached hydrogens (tertiary/aromatic N) is 1. The van der Waals surface area contributed by atoms with E-state index in [9.17, 15) is 9.59 Å². The molecule has 3 heteroatoms. The average molecular weight is 289 g/mol. The van der Waals surface area contributed by atoms with Gasteiger partial charge in [-0.1, -0.05) is 12.2 Å². The second kappa shape index (κ2) is 6.27. The second-order valence-corrected chi connectivity index (χ2v) is 6.57. The lowest BCUT2D eigenvalue weighted by atomic mass is 9.83. The first-order valence-corrected chi connectivity index (χ1v) is 7.96. The lowest BCUT2D eigenvalue weighted by Gasteiger charge is -2.36. The van der Waals surface area contributed by atoms with Crippen molar-refractivity contribution in [2.75, 3.05) is 7.05 Å². The fraction of sp³-hybridized carbons (Fsp3) is 0.667. The van der Waals surface area contributed by atoms with Gasteiger partial charge in [-0.25, -0.2) is 0 Å². The summed E-state index contributed by atoms with van der Waals surface area (Å²) < 4.78 is 0. The van der Waals surface area contributed by atoms with E-state index in [2.05, 4.69) is 11.9 Å². The molecule has 0 aromatic heterocycles. The number of carbonyl (C=O) groups excluding carboxylic acids is 2. The molecule has 0 N–H and O–H groups in total. The van der Waals surface area contributed by atoms with E-state index in [0.29, 0.717) is 6.04 Å². The zero-order chi connectivity index (χ0) is 15.7. The highest BCUT2D eigenvalue weighted by Crippen LogP contribution is 2.43. The summed E-state index contributed by atoms with van der Waals surface area (Å²) in [6.45, 7) is 7.63. The maximum atomic E-state index is 12.5. The Bertz CT molecular complexity index is 501. The molecule has 0 aliphatic carbocycles. The van der Waals surface area contributed by atoms with Gasteiger partial charge in [0.1, 0.15) is 0 Å². The molecule has 2 rings (SSSR count). The molecule has 21 heavy (non-hydrogen) atoms. The number of allylic oxidation sites excluding steroid dienone is 4. The standard InChI is InChI=1S/C18H27NO2/c1-6-11(3)17(20)13-8-14-10-15(16(9-13)19(14)5)18(21)12(4)7-2/h6-7,13-16H,8-10H2,1-5H3/b11-6+,12-7+/t13-,14+,15-,16-/m1/s1. The maximum absolute atomic E-state index is 12.5. The van der Waals surface area contributed by atoms with Crippen molar-refractivity contribution in [2.45, 2.75) is 59.0 Å². The molecule has 2 saturated heterocycles. The first-order valence-electron chi connectivity index (χ1n) is 7.96. The predicted molar refractivity (Wildman–Crippen MR) is 85.0 cm³/mol. The molecule has 3 nitrogen and oxygen atoms in total. The monoisotopic (exact) mass is 289 g/mol. The number of carbonyl (C=O) groups is 2. The number of piperidine rings is 1. The second-order valence-electron chi connectivity index (χ2n) is 6.57. The van der Waals surface area contributed by atoms with Gasteiger partial charge in [0.05, 0.1) is 0 Å². The fourth-order valence-electron chi connectivity index (χ4n) is 3.88. The minimum Gasteiger partial charge on any atom is -0.300 e. The van der Waals surface area contributed by atoms with E-state index < -0.39 is 0 Å². The van der Waals surface area contributed by atoms with Gasteiger partial charge in [-0.15, -0.1) is 0 Å². The van der Waals surface area contributed by atoms with Crippen LogP contribution in [0.2, 0.25) is 0 Å². The predicted octanol–water partition coefficient (Wildman–Crippen LogP) is 3.16. The minimum absolute atomic E-state index is 0.0694. The van der Waals surface area contributed by atoms with Crippen LogP contribution < -0.4 is 0 Å². The van der Waals surface area contributed by atoms with E-state index in [-0.39, 0.29) is 29.4 Å². The Morgan fingerprint density at radius 2 is 1.52 bits per heavy atom. The molecule has 2 fully saturated rings. The minimum atomic E-state index is 0.0694. The van der Waals surface area contributed by atoms with Crippen molar-refractivity contribution in [1.29, 1.82) is 0 Å². The van der Waals surface area contributed by atoms with Gasteiger partial charge in [0, 0.05) is 23.9 Å². The number of ketones is 2. The molecule has 0 radical (unpaired) electrons. The molecule has 4 atom stereocenters. The molecule has 0 aromatic rings. The Balaban J connectivity index is 2.18. The highest BCUT2D eigenvalue weighted by atomic mass is 16.1. The lowest BCUT2D eigenvalue weighted by molar-refractivity contribution is -0.123. The molecule has 2 bridgehead atoms. The molecule has 116 valence electrons. The highest BCUT2D eigenvalue weighted by molar-refractivity contribution is 5.98. The third-order valence-electron chi connectivity index (χ3n) is 5.52. The molecule has 0 amide bonds. The summed E-state index contributed by atoms with van der Waals surface area (Å²) in [6.07, 6.45) is 6.43. The van der Waals surface area contributed by atoms with Gasteiger partial charge in [0.2, 0.25) is 0 Å². The smallest absolute Gasteiger partial charge is 0.162 e. The molecule has 0 spiro atoms. The van der Waals surface area contributed by atoms with Crippen LogP contribution in [0.15, 0.2) is 23.3 Å². The SMILES string of the molecule is C/C=C(\C)C(=O)[C@@H]1C[C@H]2C[C@@H](C(=O)/C(C)=C/C)[C@@H](C1)N2C. The van der Waals surface area contributed by atoms with Gasteiger partial charge in [-0.05, 0) is 65.2 Å². The van der Waals surface area contributed by atoms with Crippen LogP contribution in [0.3, 0.4) is 0 Å². The van der Waals surface area contributed by atoms with E-state index in [4.69, 9.17) is 0 Å². The van der Waals surface area contributed by atoms with Crippen molar-refractivity contribution in [3.05, 3.63) is 23.3 Å². The number of hydrogen-bond donors (Lipinski definition) is 0. The first kappa shape index (κ1) is 16.2. The number of rotatable bonds is 4. The Morgan fingerprint density at radius 3 is 2.10 bits per heavy atom. The summed E-state index contributed by atoms with van der Waals surface area (Å²) in [7, 11) is 2.11. The number of fused-ring (bicyclic) bond motifs is 2. The van der Waals surface area contributed by atoms with Crippen molar-refractivity contribution in [3.8, 4) is 0 Å². The largest absolute Gasteiger partial charge is 0.300 e. The van der Waals surface area contributed by atoms with Crippen LogP contribution in [-0.4, -0.2) is 35.6 Å².